The Morgan fingerprint density at radius 3 is 2.85 bits per heavy atom. The smallest absolute Gasteiger partial charge is 0.318 e. The maximum atomic E-state index is 12.9. The van der Waals surface area contributed by atoms with Crippen LogP contribution >= 0.6 is 11.6 Å². The van der Waals surface area contributed by atoms with Crippen molar-refractivity contribution in [2.24, 2.45) is 0 Å². The van der Waals surface area contributed by atoms with Crippen LogP contribution in [0, 0.1) is 0 Å². The molecule has 136 valence electrons. The first-order chi connectivity index (χ1) is 12.5. The van der Waals surface area contributed by atoms with Crippen molar-refractivity contribution in [1.82, 2.24) is 14.9 Å². The Kier molecular flexibility index (Phi) is 4.44. The number of aryl methyl sites for hydroxylation is 1. The predicted molar refractivity (Wildman–Crippen MR) is 101 cm³/mol. The summed E-state index contributed by atoms with van der Waals surface area (Å²) in [4.78, 5) is 34.8. The Balaban J connectivity index is 1.61. The van der Waals surface area contributed by atoms with Gasteiger partial charge in [-0.25, -0.2) is 9.78 Å². The molecule has 2 aliphatic rings. The third-order valence-electron chi connectivity index (χ3n) is 5.28. The molecular formula is C19H21ClN4O2. The SMILES string of the molecule is CCc1nc2c(c(=O)[nH]1)CC1CCC(C2)N1C(=O)Nc1cccc(Cl)c1. The predicted octanol–water partition coefficient (Wildman–Crippen LogP) is 3.15. The van der Waals surface area contributed by atoms with E-state index >= 15 is 0 Å². The number of carbonyl (C=O) groups excluding carboxylic acids is 1. The highest BCUT2D eigenvalue weighted by atomic mass is 35.5. The van der Waals surface area contributed by atoms with Crippen molar-refractivity contribution < 1.29 is 4.79 Å². The molecule has 0 saturated carbocycles. The second-order valence-electron chi connectivity index (χ2n) is 6.93. The number of aromatic nitrogens is 2. The zero-order valence-corrected chi connectivity index (χ0v) is 15.3. The van der Waals surface area contributed by atoms with Gasteiger partial charge in [-0.2, -0.15) is 0 Å². The first kappa shape index (κ1) is 17.1. The summed E-state index contributed by atoms with van der Waals surface area (Å²) in [6.45, 7) is 1.97. The molecule has 0 aliphatic carbocycles. The van der Waals surface area contributed by atoms with Gasteiger partial charge in [-0.1, -0.05) is 24.6 Å². The van der Waals surface area contributed by atoms with Crippen LogP contribution in [-0.2, 0) is 19.3 Å². The Hall–Kier alpha value is -2.34. The summed E-state index contributed by atoms with van der Waals surface area (Å²) in [5.41, 5.74) is 2.19. The van der Waals surface area contributed by atoms with Crippen LogP contribution in [0.15, 0.2) is 29.1 Å². The maximum absolute atomic E-state index is 12.9. The number of rotatable bonds is 2. The fourth-order valence-corrected chi connectivity index (χ4v) is 4.24. The third kappa shape index (κ3) is 3.09. The molecule has 2 unspecified atom stereocenters. The van der Waals surface area contributed by atoms with E-state index in [0.29, 0.717) is 35.8 Å². The Morgan fingerprint density at radius 2 is 2.12 bits per heavy atom. The fourth-order valence-electron chi connectivity index (χ4n) is 4.05. The second kappa shape index (κ2) is 6.76. The lowest BCUT2D eigenvalue weighted by atomic mass is 9.98. The summed E-state index contributed by atoms with van der Waals surface area (Å²) in [5.74, 6) is 0.710. The highest BCUT2D eigenvalue weighted by Gasteiger charge is 2.41. The number of hydrogen-bond acceptors (Lipinski definition) is 3. The van der Waals surface area contributed by atoms with Crippen molar-refractivity contribution in [2.45, 2.75) is 51.1 Å². The van der Waals surface area contributed by atoms with Crippen LogP contribution in [-0.4, -0.2) is 33.0 Å². The lowest BCUT2D eigenvalue weighted by molar-refractivity contribution is 0.187. The van der Waals surface area contributed by atoms with E-state index in [4.69, 9.17) is 11.6 Å². The second-order valence-corrected chi connectivity index (χ2v) is 7.37. The first-order valence-electron chi connectivity index (χ1n) is 9.01. The topological polar surface area (TPSA) is 78.1 Å². The number of anilines is 1. The molecule has 7 heteroatoms. The van der Waals surface area contributed by atoms with Gasteiger partial charge in [0.2, 0.25) is 0 Å². The fraction of sp³-hybridized carbons (Fsp3) is 0.421. The van der Waals surface area contributed by atoms with Crippen LogP contribution in [0.1, 0.15) is 36.8 Å². The number of fused-ring (bicyclic) bond motifs is 3. The molecule has 2 bridgehead atoms. The zero-order valence-electron chi connectivity index (χ0n) is 14.6. The molecule has 1 aromatic heterocycles. The van der Waals surface area contributed by atoms with Gasteiger partial charge in [-0.05, 0) is 31.0 Å². The van der Waals surface area contributed by atoms with Gasteiger partial charge in [0, 0.05) is 47.6 Å². The van der Waals surface area contributed by atoms with Crippen LogP contribution in [0.2, 0.25) is 5.02 Å². The number of urea groups is 1. The standard InChI is InChI=1S/C19H21ClN4O2/c1-2-17-22-16-10-14-7-6-13(9-15(16)18(25)23-17)24(14)19(26)21-12-5-3-4-11(20)8-12/h3-5,8,13-14H,2,6-7,9-10H2,1H3,(H,21,26)(H,22,23,25). The Morgan fingerprint density at radius 1 is 1.35 bits per heavy atom. The summed E-state index contributed by atoms with van der Waals surface area (Å²) in [7, 11) is 0. The van der Waals surface area contributed by atoms with Crippen molar-refractivity contribution >= 4 is 23.3 Å². The molecule has 6 nitrogen and oxygen atoms in total. The normalized spacial score (nSPS) is 21.2. The minimum Gasteiger partial charge on any atom is -0.318 e. The third-order valence-corrected chi connectivity index (χ3v) is 5.52. The molecule has 2 aromatic rings. The van der Waals surface area contributed by atoms with E-state index in [2.05, 4.69) is 15.3 Å². The number of carbonyl (C=O) groups is 1. The molecule has 2 N–H and O–H groups in total. The molecular weight excluding hydrogens is 352 g/mol. The largest absolute Gasteiger partial charge is 0.322 e. The van der Waals surface area contributed by atoms with Gasteiger partial charge in [-0.3, -0.25) is 4.79 Å². The van der Waals surface area contributed by atoms with Crippen molar-refractivity contribution in [2.75, 3.05) is 5.32 Å². The van der Waals surface area contributed by atoms with Crippen molar-refractivity contribution in [3.05, 3.63) is 56.7 Å². The van der Waals surface area contributed by atoms with E-state index in [1.165, 1.54) is 0 Å². The molecule has 26 heavy (non-hydrogen) atoms. The Labute approximate surface area is 156 Å². The first-order valence-corrected chi connectivity index (χ1v) is 9.38. The number of nitrogens with one attached hydrogen (secondary N) is 2. The van der Waals surface area contributed by atoms with E-state index in [0.717, 1.165) is 24.1 Å². The van der Waals surface area contributed by atoms with Gasteiger partial charge in [0.15, 0.2) is 0 Å². The van der Waals surface area contributed by atoms with E-state index < -0.39 is 0 Å². The van der Waals surface area contributed by atoms with Crippen molar-refractivity contribution in [3.8, 4) is 0 Å². The summed E-state index contributed by atoms with van der Waals surface area (Å²) in [5, 5.41) is 3.52. The number of amides is 2. The van der Waals surface area contributed by atoms with Crippen molar-refractivity contribution in [1.29, 1.82) is 0 Å². The van der Waals surface area contributed by atoms with E-state index in [-0.39, 0.29) is 23.7 Å². The minimum absolute atomic E-state index is 0.0239. The summed E-state index contributed by atoms with van der Waals surface area (Å²) >= 11 is 6.01. The molecule has 1 aromatic carbocycles. The van der Waals surface area contributed by atoms with E-state index in [9.17, 15) is 9.59 Å². The van der Waals surface area contributed by atoms with Crippen LogP contribution in [0.5, 0.6) is 0 Å². The average Bonchev–Trinajstić information content (AvgIpc) is 2.90. The van der Waals surface area contributed by atoms with Crippen LogP contribution < -0.4 is 10.9 Å². The lowest BCUT2D eigenvalue weighted by Crippen LogP contribution is -2.44. The highest BCUT2D eigenvalue weighted by Crippen LogP contribution is 2.33. The van der Waals surface area contributed by atoms with Crippen LogP contribution in [0.25, 0.3) is 0 Å². The van der Waals surface area contributed by atoms with Crippen LogP contribution in [0.4, 0.5) is 10.5 Å². The summed E-state index contributed by atoms with van der Waals surface area (Å²) in [6, 6.07) is 7.08. The Bertz CT molecular complexity index is 911. The monoisotopic (exact) mass is 372 g/mol. The number of benzene rings is 1. The summed E-state index contributed by atoms with van der Waals surface area (Å²) < 4.78 is 0. The molecule has 2 amide bonds. The number of aromatic amines is 1. The van der Waals surface area contributed by atoms with Gasteiger partial charge in [0.05, 0.1) is 5.69 Å². The molecule has 2 atom stereocenters. The van der Waals surface area contributed by atoms with Crippen molar-refractivity contribution in [3.63, 3.8) is 0 Å². The van der Waals surface area contributed by atoms with Gasteiger partial charge < -0.3 is 15.2 Å². The number of H-pyrrole nitrogens is 1. The minimum atomic E-state index is -0.139. The molecule has 3 heterocycles. The van der Waals surface area contributed by atoms with E-state index in [1.54, 1.807) is 18.2 Å². The van der Waals surface area contributed by atoms with Gasteiger partial charge in [0.1, 0.15) is 5.82 Å². The van der Waals surface area contributed by atoms with Gasteiger partial charge >= 0.3 is 6.03 Å². The average molecular weight is 373 g/mol. The molecule has 2 aliphatic heterocycles. The molecule has 0 spiro atoms. The molecule has 1 saturated heterocycles. The van der Waals surface area contributed by atoms with Gasteiger partial charge in [0.25, 0.3) is 5.56 Å². The molecule has 1 fully saturated rings. The highest BCUT2D eigenvalue weighted by molar-refractivity contribution is 6.30. The van der Waals surface area contributed by atoms with Gasteiger partial charge in [-0.15, -0.1) is 0 Å². The van der Waals surface area contributed by atoms with Crippen LogP contribution in [0.3, 0.4) is 0 Å². The van der Waals surface area contributed by atoms with E-state index in [1.807, 2.05) is 17.9 Å². The molecule has 0 radical (unpaired) electrons. The zero-order chi connectivity index (χ0) is 18.3. The quantitative estimate of drug-likeness (QED) is 0.850. The molecule has 4 rings (SSSR count). The maximum Gasteiger partial charge on any atom is 0.322 e. The number of nitrogens with zero attached hydrogens (tertiary/aromatic N) is 2. The number of hydrogen-bond donors (Lipinski definition) is 2. The lowest BCUT2D eigenvalue weighted by Gasteiger charge is -2.28. The number of halogens is 1. The summed E-state index contributed by atoms with van der Waals surface area (Å²) in [6.07, 6.45) is 3.72.